The van der Waals surface area contributed by atoms with Gasteiger partial charge in [-0.3, -0.25) is 4.18 Å². The van der Waals surface area contributed by atoms with Crippen LogP contribution in [0.4, 0.5) is 4.79 Å². The number of fused-ring (bicyclic) bond motifs is 1. The fraction of sp³-hybridized carbons (Fsp3) is 0.462. The topological polar surface area (TPSA) is 76.2 Å². The molecule has 2 heterocycles. The number of piperazine rings is 1. The van der Waals surface area contributed by atoms with Crippen molar-refractivity contribution in [3.05, 3.63) is 35.9 Å². The maximum atomic E-state index is 12.0. The first kappa shape index (κ1) is 14.3. The number of benzene rings is 1. The zero-order valence-electron chi connectivity index (χ0n) is 11.3. The second-order valence-electron chi connectivity index (χ2n) is 4.99. The van der Waals surface area contributed by atoms with E-state index in [1.54, 1.807) is 0 Å². The summed E-state index contributed by atoms with van der Waals surface area (Å²) >= 11 is 0. The summed E-state index contributed by atoms with van der Waals surface area (Å²) in [7, 11) is -3.60. The van der Waals surface area contributed by atoms with Gasteiger partial charge in [-0.2, -0.15) is 12.7 Å². The van der Waals surface area contributed by atoms with Crippen molar-refractivity contribution in [2.75, 3.05) is 26.2 Å². The summed E-state index contributed by atoms with van der Waals surface area (Å²) < 4.78 is 34.4. The molecule has 0 aromatic heterocycles. The van der Waals surface area contributed by atoms with Gasteiger partial charge in [0.2, 0.25) is 0 Å². The first-order chi connectivity index (χ1) is 10.1. The van der Waals surface area contributed by atoms with Crippen LogP contribution in [0.15, 0.2) is 30.3 Å². The molecule has 114 valence electrons. The minimum Gasteiger partial charge on any atom is -0.445 e. The Morgan fingerprint density at radius 3 is 2.81 bits per heavy atom. The van der Waals surface area contributed by atoms with Crippen molar-refractivity contribution in [2.24, 2.45) is 0 Å². The van der Waals surface area contributed by atoms with E-state index in [0.29, 0.717) is 13.1 Å². The van der Waals surface area contributed by atoms with E-state index in [-0.39, 0.29) is 25.8 Å². The Bertz CT molecular complexity index is 619. The van der Waals surface area contributed by atoms with E-state index in [1.165, 1.54) is 9.21 Å². The fourth-order valence-corrected chi connectivity index (χ4v) is 3.74. The minimum absolute atomic E-state index is 0.0881. The zero-order chi connectivity index (χ0) is 14.9. The molecule has 8 heteroatoms. The standard InChI is InChI=1S/C13H16N2O5S/c16-13(19-9-11-4-2-1-3-5-11)14-6-7-15-12(8-14)10-20-21(15,17)18/h1-5,12H,6-10H2/t12-/m0/s1. The number of carbonyl (C=O) groups excluding carboxylic acids is 1. The smallest absolute Gasteiger partial charge is 0.410 e. The Morgan fingerprint density at radius 2 is 2.05 bits per heavy atom. The predicted octanol–water partition coefficient (Wildman–Crippen LogP) is 0.584. The lowest BCUT2D eigenvalue weighted by Crippen LogP contribution is -2.53. The van der Waals surface area contributed by atoms with Crippen LogP contribution in [0.3, 0.4) is 0 Å². The molecule has 0 radical (unpaired) electrons. The Hall–Kier alpha value is -1.64. The zero-order valence-corrected chi connectivity index (χ0v) is 12.2. The van der Waals surface area contributed by atoms with Crippen molar-refractivity contribution in [1.29, 1.82) is 0 Å². The fourth-order valence-electron chi connectivity index (χ4n) is 2.48. The normalized spacial score (nSPS) is 24.6. The third-order valence-corrected chi connectivity index (χ3v) is 5.08. The molecular weight excluding hydrogens is 296 g/mol. The molecule has 2 aliphatic rings. The van der Waals surface area contributed by atoms with Gasteiger partial charge in [0.15, 0.2) is 0 Å². The van der Waals surface area contributed by atoms with Crippen molar-refractivity contribution in [3.8, 4) is 0 Å². The second-order valence-corrected chi connectivity index (χ2v) is 6.55. The van der Waals surface area contributed by atoms with E-state index in [9.17, 15) is 13.2 Å². The van der Waals surface area contributed by atoms with Gasteiger partial charge >= 0.3 is 16.4 Å². The molecule has 2 saturated heterocycles. The maximum Gasteiger partial charge on any atom is 0.410 e. The quantitative estimate of drug-likeness (QED) is 0.798. The molecule has 1 aromatic rings. The van der Waals surface area contributed by atoms with Crippen molar-refractivity contribution in [2.45, 2.75) is 12.6 Å². The van der Waals surface area contributed by atoms with Gasteiger partial charge in [0, 0.05) is 19.6 Å². The highest BCUT2D eigenvalue weighted by molar-refractivity contribution is 7.84. The van der Waals surface area contributed by atoms with Crippen molar-refractivity contribution >= 4 is 16.4 Å². The summed E-state index contributed by atoms with van der Waals surface area (Å²) in [6.45, 7) is 1.15. The summed E-state index contributed by atoms with van der Waals surface area (Å²) in [6, 6.07) is 9.09. The average Bonchev–Trinajstić information content (AvgIpc) is 2.81. The van der Waals surface area contributed by atoms with E-state index in [4.69, 9.17) is 8.92 Å². The Kier molecular flexibility index (Phi) is 3.83. The molecule has 3 rings (SSSR count). The van der Waals surface area contributed by atoms with E-state index in [1.807, 2.05) is 30.3 Å². The first-order valence-corrected chi connectivity index (χ1v) is 8.04. The summed E-state index contributed by atoms with van der Waals surface area (Å²) in [5, 5.41) is 0. The largest absolute Gasteiger partial charge is 0.445 e. The molecule has 21 heavy (non-hydrogen) atoms. The maximum absolute atomic E-state index is 12.0. The lowest BCUT2D eigenvalue weighted by atomic mass is 10.2. The molecule has 0 unspecified atom stereocenters. The van der Waals surface area contributed by atoms with E-state index in [0.717, 1.165) is 5.56 Å². The van der Waals surface area contributed by atoms with Crippen LogP contribution in [-0.4, -0.2) is 56.0 Å². The molecule has 0 N–H and O–H groups in total. The highest BCUT2D eigenvalue weighted by atomic mass is 32.2. The molecule has 0 spiro atoms. The van der Waals surface area contributed by atoms with Gasteiger partial charge < -0.3 is 9.64 Å². The molecule has 2 fully saturated rings. The number of amides is 1. The van der Waals surface area contributed by atoms with Gasteiger partial charge in [-0.05, 0) is 5.56 Å². The molecule has 1 aromatic carbocycles. The summed E-state index contributed by atoms with van der Waals surface area (Å²) in [5.41, 5.74) is 0.913. The number of ether oxygens (including phenoxy) is 1. The lowest BCUT2D eigenvalue weighted by Gasteiger charge is -2.33. The lowest BCUT2D eigenvalue weighted by molar-refractivity contribution is 0.0724. The summed E-state index contributed by atoms with van der Waals surface area (Å²) in [6.07, 6.45) is -0.428. The molecule has 1 atom stereocenters. The van der Waals surface area contributed by atoms with Crippen LogP contribution in [0.2, 0.25) is 0 Å². The highest BCUT2D eigenvalue weighted by Crippen LogP contribution is 2.23. The van der Waals surface area contributed by atoms with Gasteiger partial charge in [-0.1, -0.05) is 30.3 Å². The van der Waals surface area contributed by atoms with Gasteiger partial charge in [0.25, 0.3) is 0 Å². The molecule has 0 bridgehead atoms. The molecular formula is C13H16N2O5S. The summed E-state index contributed by atoms with van der Waals surface area (Å²) in [5.74, 6) is 0. The van der Waals surface area contributed by atoms with Gasteiger partial charge in [0.1, 0.15) is 6.61 Å². The van der Waals surface area contributed by atoms with E-state index >= 15 is 0 Å². The third kappa shape index (κ3) is 3.02. The molecule has 1 amide bonds. The van der Waals surface area contributed by atoms with Crippen molar-refractivity contribution < 1.29 is 22.1 Å². The van der Waals surface area contributed by atoms with Gasteiger partial charge in [0.05, 0.1) is 12.6 Å². The van der Waals surface area contributed by atoms with Crippen LogP contribution in [-0.2, 0) is 25.8 Å². The van der Waals surface area contributed by atoms with Crippen LogP contribution >= 0.6 is 0 Å². The number of nitrogens with zero attached hydrogens (tertiary/aromatic N) is 2. The molecule has 7 nitrogen and oxygen atoms in total. The minimum atomic E-state index is -3.60. The van der Waals surface area contributed by atoms with Crippen molar-refractivity contribution in [1.82, 2.24) is 9.21 Å². The average molecular weight is 312 g/mol. The third-order valence-electron chi connectivity index (χ3n) is 3.59. The van der Waals surface area contributed by atoms with Gasteiger partial charge in [-0.25, -0.2) is 4.79 Å². The van der Waals surface area contributed by atoms with Crippen LogP contribution in [0.1, 0.15) is 5.56 Å². The van der Waals surface area contributed by atoms with Crippen LogP contribution in [0.25, 0.3) is 0 Å². The number of hydrogen-bond acceptors (Lipinski definition) is 5. The highest BCUT2D eigenvalue weighted by Gasteiger charge is 2.43. The second kappa shape index (κ2) is 5.63. The SMILES string of the molecule is O=C(OCc1ccccc1)N1CCN2[C@H](COS2(=O)=O)C1. The number of rotatable bonds is 2. The van der Waals surface area contributed by atoms with Crippen LogP contribution < -0.4 is 0 Å². The van der Waals surface area contributed by atoms with Crippen LogP contribution in [0.5, 0.6) is 0 Å². The Balaban J connectivity index is 1.55. The first-order valence-electron chi connectivity index (χ1n) is 6.68. The Labute approximate surface area is 123 Å². The van der Waals surface area contributed by atoms with E-state index in [2.05, 4.69) is 0 Å². The predicted molar refractivity (Wildman–Crippen MR) is 73.6 cm³/mol. The molecule has 2 aliphatic heterocycles. The van der Waals surface area contributed by atoms with Crippen LogP contribution in [0, 0.1) is 0 Å². The molecule has 0 saturated carbocycles. The Morgan fingerprint density at radius 1 is 1.29 bits per heavy atom. The number of carbonyl (C=O) groups is 1. The summed E-state index contributed by atoms with van der Waals surface area (Å²) in [4.78, 5) is 13.5. The monoisotopic (exact) mass is 312 g/mol. The van der Waals surface area contributed by atoms with Crippen molar-refractivity contribution in [3.63, 3.8) is 0 Å². The van der Waals surface area contributed by atoms with E-state index < -0.39 is 16.4 Å². The molecule has 0 aliphatic carbocycles. The number of hydrogen-bond donors (Lipinski definition) is 0. The van der Waals surface area contributed by atoms with Gasteiger partial charge in [-0.15, -0.1) is 0 Å².